The summed E-state index contributed by atoms with van der Waals surface area (Å²) in [7, 11) is 0. The normalized spacial score (nSPS) is 10.7. The molecule has 4 nitrogen and oxygen atoms in total. The topological polar surface area (TPSA) is 57.8 Å². The Hall–Kier alpha value is -1.85. The Labute approximate surface area is 128 Å². The molecule has 100 valence electrons. The summed E-state index contributed by atoms with van der Waals surface area (Å²) >= 11 is 9.27. The summed E-state index contributed by atoms with van der Waals surface area (Å²) < 4.78 is 0.759. The third kappa shape index (κ3) is 2.55. The van der Waals surface area contributed by atoms with E-state index in [1.807, 2.05) is 18.2 Å². The van der Waals surface area contributed by atoms with Crippen LogP contribution in [-0.4, -0.2) is 16.1 Å². The van der Waals surface area contributed by atoms with Crippen LogP contribution < -0.4 is 5.32 Å². The highest BCUT2D eigenvalue weighted by Gasteiger charge is 2.10. The number of halogens is 2. The van der Waals surface area contributed by atoms with Gasteiger partial charge in [0.25, 0.3) is 5.91 Å². The van der Waals surface area contributed by atoms with Crippen LogP contribution in [0.3, 0.4) is 0 Å². The van der Waals surface area contributed by atoms with E-state index in [4.69, 9.17) is 11.6 Å². The van der Waals surface area contributed by atoms with Gasteiger partial charge in [0.1, 0.15) is 0 Å². The SMILES string of the molecule is O=C(Nc1cccc2cn[nH]c12)c1cc(Cl)cc(Br)c1. The van der Waals surface area contributed by atoms with Crippen LogP contribution in [0, 0.1) is 0 Å². The minimum atomic E-state index is -0.227. The van der Waals surface area contributed by atoms with E-state index in [0.717, 1.165) is 15.4 Å². The second-order valence-electron chi connectivity index (χ2n) is 4.25. The van der Waals surface area contributed by atoms with Crippen LogP contribution in [0.5, 0.6) is 0 Å². The minimum Gasteiger partial charge on any atom is -0.320 e. The van der Waals surface area contributed by atoms with Crippen LogP contribution in [-0.2, 0) is 0 Å². The molecule has 0 bridgehead atoms. The van der Waals surface area contributed by atoms with Crippen LogP contribution in [0.25, 0.3) is 10.9 Å². The largest absolute Gasteiger partial charge is 0.320 e. The first-order valence-corrected chi connectivity index (χ1v) is 7.00. The fourth-order valence-electron chi connectivity index (χ4n) is 1.95. The number of hydrogen-bond donors (Lipinski definition) is 2. The van der Waals surface area contributed by atoms with Crippen LogP contribution in [0.15, 0.2) is 47.1 Å². The molecule has 1 aromatic heterocycles. The molecule has 0 aliphatic carbocycles. The van der Waals surface area contributed by atoms with Crippen molar-refractivity contribution in [2.75, 3.05) is 5.32 Å². The van der Waals surface area contributed by atoms with Crippen molar-refractivity contribution in [3.05, 3.63) is 57.7 Å². The maximum atomic E-state index is 12.3. The number of hydrogen-bond acceptors (Lipinski definition) is 2. The number of H-pyrrole nitrogens is 1. The van der Waals surface area contributed by atoms with Crippen molar-refractivity contribution < 1.29 is 4.79 Å². The van der Waals surface area contributed by atoms with E-state index < -0.39 is 0 Å². The smallest absolute Gasteiger partial charge is 0.255 e. The fourth-order valence-corrected chi connectivity index (χ4v) is 2.81. The molecule has 0 aliphatic heterocycles. The zero-order valence-electron chi connectivity index (χ0n) is 10.2. The number of amides is 1. The maximum Gasteiger partial charge on any atom is 0.255 e. The van der Waals surface area contributed by atoms with E-state index in [9.17, 15) is 4.79 Å². The molecule has 0 saturated heterocycles. The maximum absolute atomic E-state index is 12.3. The molecule has 0 fully saturated rings. The molecule has 0 aliphatic rings. The average molecular weight is 351 g/mol. The molecular weight excluding hydrogens is 342 g/mol. The van der Waals surface area contributed by atoms with Gasteiger partial charge < -0.3 is 5.32 Å². The number of aromatic amines is 1. The van der Waals surface area contributed by atoms with Crippen LogP contribution >= 0.6 is 27.5 Å². The van der Waals surface area contributed by atoms with Crippen molar-refractivity contribution in [2.24, 2.45) is 0 Å². The van der Waals surface area contributed by atoms with Gasteiger partial charge in [0.15, 0.2) is 0 Å². The van der Waals surface area contributed by atoms with E-state index in [-0.39, 0.29) is 5.91 Å². The molecule has 0 saturated carbocycles. The van der Waals surface area contributed by atoms with Gasteiger partial charge in [0.2, 0.25) is 0 Å². The molecule has 3 rings (SSSR count). The fraction of sp³-hybridized carbons (Fsp3) is 0. The second kappa shape index (κ2) is 5.26. The van der Waals surface area contributed by atoms with Crippen molar-refractivity contribution in [2.45, 2.75) is 0 Å². The zero-order chi connectivity index (χ0) is 14.1. The van der Waals surface area contributed by atoms with Gasteiger partial charge >= 0.3 is 0 Å². The van der Waals surface area contributed by atoms with Crippen molar-refractivity contribution >= 4 is 50.0 Å². The van der Waals surface area contributed by atoms with Gasteiger partial charge in [0, 0.05) is 20.4 Å². The number of nitrogens with one attached hydrogen (secondary N) is 2. The summed E-state index contributed by atoms with van der Waals surface area (Å²) in [6.07, 6.45) is 1.71. The third-order valence-corrected chi connectivity index (χ3v) is 3.53. The summed E-state index contributed by atoms with van der Waals surface area (Å²) in [4.78, 5) is 12.3. The quantitative estimate of drug-likeness (QED) is 0.726. The highest BCUT2D eigenvalue weighted by atomic mass is 79.9. The van der Waals surface area contributed by atoms with E-state index in [1.165, 1.54) is 0 Å². The summed E-state index contributed by atoms with van der Waals surface area (Å²) in [6.45, 7) is 0. The molecule has 6 heteroatoms. The number of fused-ring (bicyclic) bond motifs is 1. The van der Waals surface area contributed by atoms with Crippen molar-refractivity contribution in [3.8, 4) is 0 Å². The number of aromatic nitrogens is 2. The van der Waals surface area contributed by atoms with Gasteiger partial charge in [0.05, 0.1) is 17.4 Å². The molecule has 0 atom stereocenters. The second-order valence-corrected chi connectivity index (χ2v) is 5.60. The van der Waals surface area contributed by atoms with Crippen LogP contribution in [0.1, 0.15) is 10.4 Å². The molecule has 2 aromatic carbocycles. The first kappa shape index (κ1) is 13.1. The first-order valence-electron chi connectivity index (χ1n) is 5.83. The lowest BCUT2D eigenvalue weighted by Crippen LogP contribution is -2.12. The Bertz CT molecular complexity index is 780. The Kier molecular flexibility index (Phi) is 3.46. The molecule has 1 heterocycles. The average Bonchev–Trinajstić information content (AvgIpc) is 2.87. The molecular formula is C14H9BrClN3O. The number of benzene rings is 2. The molecule has 0 spiro atoms. The van der Waals surface area contributed by atoms with E-state index in [0.29, 0.717) is 16.3 Å². The Balaban J connectivity index is 1.94. The predicted molar refractivity (Wildman–Crippen MR) is 83.2 cm³/mol. The van der Waals surface area contributed by atoms with Crippen molar-refractivity contribution in [1.82, 2.24) is 10.2 Å². The van der Waals surface area contributed by atoms with Gasteiger partial charge in [-0.1, -0.05) is 39.7 Å². The number of carbonyl (C=O) groups excluding carboxylic acids is 1. The van der Waals surface area contributed by atoms with E-state index >= 15 is 0 Å². The van der Waals surface area contributed by atoms with Crippen LogP contribution in [0.4, 0.5) is 5.69 Å². The Morgan fingerprint density at radius 2 is 2.15 bits per heavy atom. The monoisotopic (exact) mass is 349 g/mol. The number of anilines is 1. The van der Waals surface area contributed by atoms with Gasteiger partial charge in [-0.25, -0.2) is 0 Å². The number of rotatable bonds is 2. The zero-order valence-corrected chi connectivity index (χ0v) is 12.5. The lowest BCUT2D eigenvalue weighted by molar-refractivity contribution is 0.102. The molecule has 1 amide bonds. The Morgan fingerprint density at radius 3 is 2.95 bits per heavy atom. The van der Waals surface area contributed by atoms with Gasteiger partial charge in [-0.05, 0) is 24.3 Å². The van der Waals surface area contributed by atoms with Gasteiger partial charge in [-0.15, -0.1) is 0 Å². The lowest BCUT2D eigenvalue weighted by atomic mass is 10.2. The molecule has 0 unspecified atom stereocenters. The number of nitrogens with zero attached hydrogens (tertiary/aromatic N) is 1. The summed E-state index contributed by atoms with van der Waals surface area (Å²) in [5.41, 5.74) is 1.96. The van der Waals surface area contributed by atoms with E-state index in [1.54, 1.807) is 24.4 Å². The molecule has 3 aromatic rings. The predicted octanol–water partition coefficient (Wildman–Crippen LogP) is 4.23. The number of para-hydroxylation sites is 1. The minimum absolute atomic E-state index is 0.227. The highest BCUT2D eigenvalue weighted by molar-refractivity contribution is 9.10. The lowest BCUT2D eigenvalue weighted by Gasteiger charge is -2.07. The van der Waals surface area contributed by atoms with Crippen LogP contribution in [0.2, 0.25) is 5.02 Å². The standard InChI is InChI=1S/C14H9BrClN3O/c15-10-4-9(5-11(16)6-10)14(20)18-12-3-1-2-8-7-17-19-13(8)12/h1-7H,(H,17,19)(H,18,20). The summed E-state index contributed by atoms with van der Waals surface area (Å²) in [5, 5.41) is 11.1. The summed E-state index contributed by atoms with van der Waals surface area (Å²) in [5.74, 6) is -0.227. The van der Waals surface area contributed by atoms with Crippen molar-refractivity contribution in [1.29, 1.82) is 0 Å². The number of carbonyl (C=O) groups is 1. The van der Waals surface area contributed by atoms with Gasteiger partial charge in [-0.2, -0.15) is 5.10 Å². The molecule has 20 heavy (non-hydrogen) atoms. The highest BCUT2D eigenvalue weighted by Crippen LogP contribution is 2.23. The van der Waals surface area contributed by atoms with E-state index in [2.05, 4.69) is 31.4 Å². The third-order valence-electron chi connectivity index (χ3n) is 2.85. The Morgan fingerprint density at radius 1 is 1.30 bits per heavy atom. The molecule has 2 N–H and O–H groups in total. The van der Waals surface area contributed by atoms with Gasteiger partial charge in [-0.3, -0.25) is 9.89 Å². The first-order chi connectivity index (χ1) is 9.63. The summed E-state index contributed by atoms with van der Waals surface area (Å²) in [6, 6.07) is 10.7. The molecule has 0 radical (unpaired) electrons. The van der Waals surface area contributed by atoms with Crippen molar-refractivity contribution in [3.63, 3.8) is 0 Å².